The number of nitrogens with zero attached hydrogens (tertiary/aromatic N) is 2. The van der Waals surface area contributed by atoms with Crippen molar-refractivity contribution in [3.8, 4) is 0 Å². The van der Waals surface area contributed by atoms with Gasteiger partial charge >= 0.3 is 0 Å². The summed E-state index contributed by atoms with van der Waals surface area (Å²) in [4.78, 5) is 32.8. The number of amides is 2. The molecule has 1 fully saturated rings. The van der Waals surface area contributed by atoms with Crippen LogP contribution in [0.25, 0.3) is 11.1 Å². The largest absolute Gasteiger partial charge is 0.441 e. The normalized spacial score (nSPS) is 23.0. The van der Waals surface area contributed by atoms with Crippen molar-refractivity contribution < 1.29 is 14.0 Å². The summed E-state index contributed by atoms with van der Waals surface area (Å²) < 4.78 is 5.61. The van der Waals surface area contributed by atoms with Crippen LogP contribution in [0.3, 0.4) is 0 Å². The molecular weight excluding hydrogens is 366 g/mol. The lowest BCUT2D eigenvalue weighted by Crippen LogP contribution is -2.48. The first-order chi connectivity index (χ1) is 14.0. The van der Waals surface area contributed by atoms with Crippen LogP contribution in [0.15, 0.2) is 46.9 Å². The van der Waals surface area contributed by atoms with E-state index in [-0.39, 0.29) is 17.9 Å². The van der Waals surface area contributed by atoms with Crippen LogP contribution in [-0.2, 0) is 10.2 Å². The molecule has 6 nitrogen and oxygen atoms in total. The topological polar surface area (TPSA) is 75.4 Å². The summed E-state index contributed by atoms with van der Waals surface area (Å²) in [6.45, 7) is 4.44. The summed E-state index contributed by atoms with van der Waals surface area (Å²) in [5, 5.41) is 3.04. The van der Waals surface area contributed by atoms with Crippen molar-refractivity contribution in [2.45, 2.75) is 44.6 Å². The van der Waals surface area contributed by atoms with Gasteiger partial charge in [0.05, 0.1) is 11.5 Å². The number of anilines is 1. The summed E-state index contributed by atoms with van der Waals surface area (Å²) in [5.74, 6) is 0.523. The van der Waals surface area contributed by atoms with E-state index >= 15 is 0 Å². The number of oxazole rings is 1. The van der Waals surface area contributed by atoms with Crippen LogP contribution < -0.4 is 5.32 Å². The molecule has 0 bridgehead atoms. The van der Waals surface area contributed by atoms with Crippen molar-refractivity contribution in [1.82, 2.24) is 9.88 Å². The molecule has 0 unspecified atom stereocenters. The third-order valence-electron chi connectivity index (χ3n) is 6.32. The molecule has 29 heavy (non-hydrogen) atoms. The van der Waals surface area contributed by atoms with E-state index in [1.54, 1.807) is 19.1 Å². The van der Waals surface area contributed by atoms with E-state index in [4.69, 9.17) is 4.42 Å². The Kier molecular flexibility index (Phi) is 3.98. The standard InChI is InChI=1S/C23H23N3O3/c1-3-6-20-23(16-7-4-5-8-17(16)25-22(23)28)11-12-26(20)21(27)15-9-10-18-19(13-15)29-14(2)24-18/h4-5,7-10,13,20H,3,6,11-12H2,1-2H3,(H,25,28)/t20-,23+/m0/s1. The summed E-state index contributed by atoms with van der Waals surface area (Å²) in [6, 6.07) is 13.1. The number of carbonyl (C=O) groups is 2. The SMILES string of the molecule is CCC[C@@H]1N(C(=O)c2ccc3nc(C)oc3c2)CC[C@]12C(=O)Nc1ccccc12. The Balaban J connectivity index is 1.55. The number of para-hydroxylation sites is 1. The molecule has 2 atom stereocenters. The van der Waals surface area contributed by atoms with Crippen LogP contribution >= 0.6 is 0 Å². The highest BCUT2D eigenvalue weighted by molar-refractivity contribution is 6.08. The van der Waals surface area contributed by atoms with Crippen LogP contribution in [0.4, 0.5) is 5.69 Å². The summed E-state index contributed by atoms with van der Waals surface area (Å²) in [5.41, 5.74) is 3.13. The number of likely N-dealkylation sites (tertiary alicyclic amines) is 1. The Morgan fingerprint density at radius 2 is 2.14 bits per heavy atom. The Morgan fingerprint density at radius 3 is 2.97 bits per heavy atom. The molecule has 3 heterocycles. The van der Waals surface area contributed by atoms with E-state index in [0.29, 0.717) is 30.0 Å². The first-order valence-corrected chi connectivity index (χ1v) is 10.1. The Bertz CT molecular complexity index is 1140. The molecular formula is C23H23N3O3. The van der Waals surface area contributed by atoms with Crippen molar-refractivity contribution in [3.05, 3.63) is 59.5 Å². The molecule has 2 aromatic carbocycles. The molecule has 0 saturated carbocycles. The van der Waals surface area contributed by atoms with Crippen molar-refractivity contribution in [1.29, 1.82) is 0 Å². The minimum atomic E-state index is -0.671. The first kappa shape index (κ1) is 17.9. The van der Waals surface area contributed by atoms with Crippen molar-refractivity contribution in [2.75, 3.05) is 11.9 Å². The Labute approximate surface area is 168 Å². The van der Waals surface area contributed by atoms with E-state index in [1.165, 1.54) is 0 Å². The number of hydrogen-bond donors (Lipinski definition) is 1. The molecule has 2 aliphatic rings. The number of rotatable bonds is 3. The van der Waals surface area contributed by atoms with Crippen molar-refractivity contribution in [3.63, 3.8) is 0 Å². The molecule has 1 spiro atoms. The van der Waals surface area contributed by atoms with Crippen molar-refractivity contribution >= 4 is 28.6 Å². The van der Waals surface area contributed by atoms with Crippen LogP contribution in [0.5, 0.6) is 0 Å². The second-order valence-electron chi connectivity index (χ2n) is 7.94. The number of benzene rings is 2. The van der Waals surface area contributed by atoms with Gasteiger partial charge in [0.15, 0.2) is 11.5 Å². The summed E-state index contributed by atoms with van der Waals surface area (Å²) in [6.07, 6.45) is 2.30. The van der Waals surface area contributed by atoms with E-state index in [9.17, 15) is 9.59 Å². The second-order valence-corrected chi connectivity index (χ2v) is 7.94. The third-order valence-corrected chi connectivity index (χ3v) is 6.32. The summed E-state index contributed by atoms with van der Waals surface area (Å²) in [7, 11) is 0. The molecule has 2 amide bonds. The van der Waals surface area contributed by atoms with Crippen LogP contribution in [-0.4, -0.2) is 34.3 Å². The zero-order chi connectivity index (χ0) is 20.2. The van der Waals surface area contributed by atoms with Gasteiger partial charge < -0.3 is 14.6 Å². The molecule has 2 aliphatic heterocycles. The van der Waals surface area contributed by atoms with Gasteiger partial charge in [0.25, 0.3) is 5.91 Å². The average molecular weight is 389 g/mol. The number of aryl methyl sites for hydroxylation is 1. The van der Waals surface area contributed by atoms with Crippen LogP contribution in [0, 0.1) is 6.92 Å². The molecule has 0 radical (unpaired) electrons. The minimum absolute atomic E-state index is 0.00811. The lowest BCUT2D eigenvalue weighted by molar-refractivity contribution is -0.121. The fourth-order valence-electron chi connectivity index (χ4n) is 5.06. The summed E-state index contributed by atoms with van der Waals surface area (Å²) >= 11 is 0. The predicted molar refractivity (Wildman–Crippen MR) is 110 cm³/mol. The van der Waals surface area contributed by atoms with Gasteiger partial charge in [-0.3, -0.25) is 9.59 Å². The van der Waals surface area contributed by atoms with E-state index < -0.39 is 5.41 Å². The van der Waals surface area contributed by atoms with Crippen molar-refractivity contribution in [2.24, 2.45) is 0 Å². The predicted octanol–water partition coefficient (Wildman–Crippen LogP) is 4.04. The van der Waals surface area contributed by atoms with Gasteiger partial charge in [0.1, 0.15) is 5.52 Å². The molecule has 3 aromatic rings. The van der Waals surface area contributed by atoms with Crippen LogP contribution in [0.1, 0.15) is 48.0 Å². The number of carbonyl (C=O) groups excluding carboxylic acids is 2. The number of hydrogen-bond acceptors (Lipinski definition) is 4. The second kappa shape index (κ2) is 6.44. The number of fused-ring (bicyclic) bond motifs is 3. The zero-order valence-electron chi connectivity index (χ0n) is 16.6. The smallest absolute Gasteiger partial charge is 0.254 e. The zero-order valence-corrected chi connectivity index (χ0v) is 16.6. The monoisotopic (exact) mass is 389 g/mol. The Hall–Kier alpha value is -3.15. The van der Waals surface area contributed by atoms with E-state index in [2.05, 4.69) is 17.2 Å². The van der Waals surface area contributed by atoms with Gasteiger partial charge in [-0.2, -0.15) is 0 Å². The molecule has 148 valence electrons. The fraction of sp³-hybridized carbons (Fsp3) is 0.348. The molecule has 1 aromatic heterocycles. The lowest BCUT2D eigenvalue weighted by Gasteiger charge is -2.34. The van der Waals surface area contributed by atoms with Crippen LogP contribution in [0.2, 0.25) is 0 Å². The highest BCUT2D eigenvalue weighted by atomic mass is 16.3. The quantitative estimate of drug-likeness (QED) is 0.734. The third kappa shape index (κ3) is 2.51. The molecule has 5 rings (SSSR count). The van der Waals surface area contributed by atoms with Gasteiger partial charge in [0, 0.05) is 24.7 Å². The maximum atomic E-state index is 13.5. The molecule has 6 heteroatoms. The average Bonchev–Trinajstić information content (AvgIpc) is 3.36. The minimum Gasteiger partial charge on any atom is -0.441 e. The highest BCUT2D eigenvalue weighted by Gasteiger charge is 2.58. The van der Waals surface area contributed by atoms with Gasteiger partial charge in [0.2, 0.25) is 5.91 Å². The lowest BCUT2D eigenvalue weighted by atomic mass is 9.73. The maximum absolute atomic E-state index is 13.5. The van der Waals surface area contributed by atoms with E-state index in [1.807, 2.05) is 35.2 Å². The molecule has 1 saturated heterocycles. The maximum Gasteiger partial charge on any atom is 0.254 e. The number of aromatic nitrogens is 1. The highest BCUT2D eigenvalue weighted by Crippen LogP contribution is 2.49. The first-order valence-electron chi connectivity index (χ1n) is 10.1. The fourth-order valence-corrected chi connectivity index (χ4v) is 5.06. The molecule has 0 aliphatic carbocycles. The number of nitrogens with one attached hydrogen (secondary N) is 1. The van der Waals surface area contributed by atoms with Gasteiger partial charge in [-0.1, -0.05) is 31.5 Å². The van der Waals surface area contributed by atoms with Gasteiger partial charge in [-0.15, -0.1) is 0 Å². The van der Waals surface area contributed by atoms with Gasteiger partial charge in [-0.25, -0.2) is 4.98 Å². The Morgan fingerprint density at radius 1 is 1.31 bits per heavy atom. The van der Waals surface area contributed by atoms with E-state index in [0.717, 1.165) is 29.6 Å². The molecule has 1 N–H and O–H groups in total. The van der Waals surface area contributed by atoms with Gasteiger partial charge in [-0.05, 0) is 42.7 Å².